The molecule has 10 heteroatoms. The van der Waals surface area contributed by atoms with Crippen LogP contribution in [0.1, 0.15) is 54.0 Å². The van der Waals surface area contributed by atoms with E-state index in [1.54, 1.807) is 18.1 Å². The van der Waals surface area contributed by atoms with Crippen LogP contribution in [0.15, 0.2) is 66.9 Å². The first-order chi connectivity index (χ1) is 21.7. The highest BCUT2D eigenvalue weighted by Gasteiger charge is 2.29. The Hall–Kier alpha value is -5.17. The van der Waals surface area contributed by atoms with E-state index in [4.69, 9.17) is 18.9 Å². The minimum atomic E-state index is -0.178. The fourth-order valence-electron chi connectivity index (χ4n) is 4.22. The highest BCUT2D eigenvalue weighted by atomic mass is 16.6. The number of hydrogen-bond acceptors (Lipinski definition) is 9. The van der Waals surface area contributed by atoms with Gasteiger partial charge in [-0.25, -0.2) is 4.79 Å². The molecule has 1 amide bonds. The highest BCUT2D eigenvalue weighted by Crippen LogP contribution is 2.37. The molecule has 0 bridgehead atoms. The third-order valence-electron chi connectivity index (χ3n) is 6.32. The first-order valence-electron chi connectivity index (χ1n) is 15.0. The molecule has 4 aromatic rings. The van der Waals surface area contributed by atoms with Crippen LogP contribution in [0.4, 0.5) is 16.2 Å². The van der Waals surface area contributed by atoms with Gasteiger partial charge in [-0.1, -0.05) is 39.8 Å². The van der Waals surface area contributed by atoms with Crippen molar-refractivity contribution in [2.75, 3.05) is 26.1 Å². The number of nitriles is 1. The second kappa shape index (κ2) is 17.8. The second-order valence-corrected chi connectivity index (χ2v) is 9.54. The SMILES string of the molecule is CC.CC.CC(C)N1C[C@@H](C)OC1=O.COc1cc2c(Nc3ccc(Oc4ccccc4OC)cc3)c(C#N)cnc2cc1O. The molecular weight excluding hydrogens is 572 g/mol. The van der Waals surface area contributed by atoms with E-state index in [1.165, 1.54) is 19.4 Å². The lowest BCUT2D eigenvalue weighted by molar-refractivity contribution is 0.135. The summed E-state index contributed by atoms with van der Waals surface area (Å²) in [7, 11) is 3.06. The van der Waals surface area contributed by atoms with Crippen molar-refractivity contribution in [2.24, 2.45) is 0 Å². The van der Waals surface area contributed by atoms with Crippen LogP contribution in [0.25, 0.3) is 10.9 Å². The number of ether oxygens (including phenoxy) is 4. The molecule has 240 valence electrons. The van der Waals surface area contributed by atoms with Crippen LogP contribution in [-0.4, -0.2) is 54.0 Å². The summed E-state index contributed by atoms with van der Waals surface area (Å²) < 4.78 is 21.3. The number of fused-ring (bicyclic) bond motifs is 1. The number of aromatic nitrogens is 1. The Morgan fingerprint density at radius 1 is 1.00 bits per heavy atom. The topological polar surface area (TPSA) is 126 Å². The van der Waals surface area contributed by atoms with Crippen LogP contribution in [0.3, 0.4) is 0 Å². The molecule has 2 N–H and O–H groups in total. The lowest BCUT2D eigenvalue weighted by atomic mass is 10.1. The van der Waals surface area contributed by atoms with Gasteiger partial charge in [0.1, 0.15) is 17.9 Å². The van der Waals surface area contributed by atoms with E-state index in [9.17, 15) is 15.2 Å². The van der Waals surface area contributed by atoms with Crippen LogP contribution >= 0.6 is 0 Å². The largest absolute Gasteiger partial charge is 0.504 e. The molecule has 1 fully saturated rings. The zero-order chi connectivity index (χ0) is 33.5. The number of aromatic hydroxyl groups is 1. The number of phenols is 1. The lowest BCUT2D eigenvalue weighted by Crippen LogP contribution is -2.31. The van der Waals surface area contributed by atoms with E-state index in [-0.39, 0.29) is 24.0 Å². The Bertz CT molecular complexity index is 1570. The maximum Gasteiger partial charge on any atom is 0.410 e. The summed E-state index contributed by atoms with van der Waals surface area (Å²) in [6.07, 6.45) is 1.35. The summed E-state index contributed by atoms with van der Waals surface area (Å²) in [5, 5.41) is 23.5. The normalized spacial score (nSPS) is 13.1. The summed E-state index contributed by atoms with van der Waals surface area (Å²) in [6.45, 7) is 14.6. The number of rotatable bonds is 7. The van der Waals surface area contributed by atoms with Gasteiger partial charge in [-0.05, 0) is 63.2 Å². The molecule has 5 rings (SSSR count). The molecule has 1 aliphatic rings. The Kier molecular flexibility index (Phi) is 14.3. The molecule has 0 spiro atoms. The summed E-state index contributed by atoms with van der Waals surface area (Å²) in [5.41, 5.74) is 2.23. The third-order valence-corrected chi connectivity index (χ3v) is 6.32. The molecular formula is C35H44N4O6. The van der Waals surface area contributed by atoms with Crippen molar-refractivity contribution in [3.63, 3.8) is 0 Å². The number of nitrogens with zero attached hydrogens (tertiary/aromatic N) is 3. The molecule has 1 aromatic heterocycles. The van der Waals surface area contributed by atoms with E-state index in [1.807, 2.05) is 97.0 Å². The van der Waals surface area contributed by atoms with E-state index in [2.05, 4.69) is 16.4 Å². The van der Waals surface area contributed by atoms with E-state index in [0.29, 0.717) is 45.2 Å². The van der Waals surface area contributed by atoms with Crippen LogP contribution in [0.2, 0.25) is 0 Å². The van der Waals surface area contributed by atoms with Gasteiger partial charge in [-0.3, -0.25) is 4.98 Å². The Balaban J connectivity index is 0.000000423. The standard InChI is InChI=1S/C24H19N3O4.C7H13NO2.2C2H6/c1-29-21-5-3-4-6-22(21)31-17-9-7-16(8-10-17)27-24-15(13-25)14-26-19-12-20(28)23(30-2)11-18(19)24;1-5(2)8-4-6(3)10-7(8)9;2*1-2/h3-12,14,28H,1-2H3,(H,26,27);5-6H,4H2,1-3H3;2*1-2H3/t;6-;;/m.1../s1. The molecule has 3 aromatic carbocycles. The van der Waals surface area contributed by atoms with Crippen molar-refractivity contribution in [2.45, 2.75) is 60.6 Å². The van der Waals surface area contributed by atoms with Crippen molar-refractivity contribution in [1.29, 1.82) is 5.26 Å². The number of phenolic OH excluding ortho intramolecular Hbond substituents is 1. The number of nitrogens with one attached hydrogen (secondary N) is 1. The average Bonchev–Trinajstić information content (AvgIpc) is 3.42. The molecule has 0 unspecified atom stereocenters. The quantitative estimate of drug-likeness (QED) is 0.210. The monoisotopic (exact) mass is 616 g/mol. The van der Waals surface area contributed by atoms with E-state index in [0.717, 1.165) is 12.2 Å². The maximum absolute atomic E-state index is 10.9. The first-order valence-corrected chi connectivity index (χ1v) is 15.0. The Labute approximate surface area is 266 Å². The number of amides is 1. The van der Waals surface area contributed by atoms with Gasteiger partial charge in [0.15, 0.2) is 23.0 Å². The smallest absolute Gasteiger partial charge is 0.410 e. The fraction of sp³-hybridized carbons (Fsp3) is 0.343. The number of benzene rings is 3. The van der Waals surface area contributed by atoms with Gasteiger partial charge in [-0.15, -0.1) is 0 Å². The van der Waals surface area contributed by atoms with Crippen LogP contribution in [-0.2, 0) is 4.74 Å². The molecule has 0 radical (unpaired) electrons. The summed E-state index contributed by atoms with van der Waals surface area (Å²) in [4.78, 5) is 16.9. The number of hydrogen-bond donors (Lipinski definition) is 2. The molecule has 2 heterocycles. The molecule has 1 aliphatic heterocycles. The molecule has 10 nitrogen and oxygen atoms in total. The van der Waals surface area contributed by atoms with Gasteiger partial charge < -0.3 is 34.3 Å². The van der Waals surface area contributed by atoms with Crippen molar-refractivity contribution in [3.8, 4) is 34.8 Å². The summed E-state index contributed by atoms with van der Waals surface area (Å²) >= 11 is 0. The predicted octanol–water partition coefficient (Wildman–Crippen LogP) is 8.65. The Morgan fingerprint density at radius 3 is 2.13 bits per heavy atom. The van der Waals surface area contributed by atoms with Gasteiger partial charge in [-0.2, -0.15) is 5.26 Å². The molecule has 0 saturated carbocycles. The van der Waals surface area contributed by atoms with E-state index >= 15 is 0 Å². The predicted molar refractivity (Wildman–Crippen MR) is 178 cm³/mol. The Morgan fingerprint density at radius 2 is 1.62 bits per heavy atom. The molecule has 1 atom stereocenters. The number of carbonyl (C=O) groups is 1. The van der Waals surface area contributed by atoms with Gasteiger partial charge >= 0.3 is 6.09 Å². The number of para-hydroxylation sites is 2. The number of anilines is 2. The minimum Gasteiger partial charge on any atom is -0.504 e. The van der Waals surface area contributed by atoms with Crippen molar-refractivity contribution < 1.29 is 28.8 Å². The average molecular weight is 617 g/mol. The molecule has 0 aliphatic carbocycles. The lowest BCUT2D eigenvalue weighted by Gasteiger charge is -2.16. The zero-order valence-corrected chi connectivity index (χ0v) is 27.5. The summed E-state index contributed by atoms with van der Waals surface area (Å²) in [6, 6.07) is 20.3. The van der Waals surface area contributed by atoms with Crippen LogP contribution < -0.4 is 19.5 Å². The van der Waals surface area contributed by atoms with Crippen LogP contribution in [0.5, 0.6) is 28.7 Å². The fourth-order valence-corrected chi connectivity index (χ4v) is 4.22. The number of cyclic esters (lactones) is 1. The zero-order valence-electron chi connectivity index (χ0n) is 27.5. The van der Waals surface area contributed by atoms with E-state index < -0.39 is 0 Å². The number of pyridine rings is 1. The second-order valence-electron chi connectivity index (χ2n) is 9.54. The van der Waals surface area contributed by atoms with Crippen molar-refractivity contribution in [3.05, 3.63) is 72.4 Å². The molecule has 45 heavy (non-hydrogen) atoms. The minimum absolute atomic E-state index is 0.0176. The van der Waals surface area contributed by atoms with Crippen molar-refractivity contribution >= 4 is 28.4 Å². The third kappa shape index (κ3) is 9.41. The van der Waals surface area contributed by atoms with Crippen molar-refractivity contribution in [1.82, 2.24) is 9.88 Å². The van der Waals surface area contributed by atoms with Gasteiger partial charge in [0.05, 0.1) is 37.5 Å². The van der Waals surface area contributed by atoms with Gasteiger partial charge in [0.2, 0.25) is 0 Å². The molecule has 1 saturated heterocycles. The number of methoxy groups -OCH3 is 2. The van der Waals surface area contributed by atoms with Gasteiger partial charge in [0, 0.05) is 29.4 Å². The van der Waals surface area contributed by atoms with Gasteiger partial charge in [0.25, 0.3) is 0 Å². The number of carbonyl (C=O) groups excluding carboxylic acids is 1. The van der Waals surface area contributed by atoms with Crippen LogP contribution in [0, 0.1) is 11.3 Å². The summed E-state index contributed by atoms with van der Waals surface area (Å²) in [5.74, 6) is 2.18. The maximum atomic E-state index is 10.9. The first kappa shape index (κ1) is 36.0. The highest BCUT2D eigenvalue weighted by molar-refractivity contribution is 5.97.